The summed E-state index contributed by atoms with van der Waals surface area (Å²) < 4.78 is 0. The number of ketones is 1. The van der Waals surface area contributed by atoms with E-state index in [-0.39, 0.29) is 22.5 Å². The SMILES string of the molecule is CC1(C)CC(=O)C(C=Nc2cc(Cl)cc(Cl)c2)=C(O)C1. The van der Waals surface area contributed by atoms with Crippen molar-refractivity contribution in [2.75, 3.05) is 0 Å². The summed E-state index contributed by atoms with van der Waals surface area (Å²) in [5, 5.41) is 10.9. The van der Waals surface area contributed by atoms with E-state index in [4.69, 9.17) is 23.2 Å². The molecule has 0 fully saturated rings. The number of aliphatic imine (C=N–C) groups is 1. The minimum atomic E-state index is -0.210. The number of rotatable bonds is 2. The smallest absolute Gasteiger partial charge is 0.168 e. The maximum absolute atomic E-state index is 12.0. The number of allylic oxidation sites excluding steroid dienone is 2. The molecule has 2 rings (SSSR count). The lowest BCUT2D eigenvalue weighted by Gasteiger charge is -2.28. The minimum absolute atomic E-state index is 0.0862. The van der Waals surface area contributed by atoms with E-state index in [0.717, 1.165) is 0 Å². The molecule has 0 heterocycles. The van der Waals surface area contributed by atoms with Gasteiger partial charge < -0.3 is 5.11 Å². The van der Waals surface area contributed by atoms with Crippen LogP contribution in [0.25, 0.3) is 0 Å². The Balaban J connectivity index is 2.29. The summed E-state index contributed by atoms with van der Waals surface area (Å²) in [5.74, 6) is -0.0150. The van der Waals surface area contributed by atoms with Gasteiger partial charge in [0.25, 0.3) is 0 Å². The molecule has 1 aromatic rings. The molecule has 0 aromatic heterocycles. The third kappa shape index (κ3) is 3.62. The van der Waals surface area contributed by atoms with Gasteiger partial charge in [-0.05, 0) is 23.6 Å². The Labute approximate surface area is 127 Å². The molecule has 0 unspecified atom stereocenters. The molecular weight excluding hydrogens is 297 g/mol. The van der Waals surface area contributed by atoms with Crippen LogP contribution in [-0.2, 0) is 4.79 Å². The second-order valence-electron chi connectivity index (χ2n) is 5.69. The van der Waals surface area contributed by atoms with Crippen LogP contribution in [0.4, 0.5) is 5.69 Å². The highest BCUT2D eigenvalue weighted by molar-refractivity contribution is 6.35. The van der Waals surface area contributed by atoms with Gasteiger partial charge in [0.15, 0.2) is 5.78 Å². The topological polar surface area (TPSA) is 49.7 Å². The average Bonchev–Trinajstić information content (AvgIpc) is 2.24. The highest BCUT2D eigenvalue weighted by Gasteiger charge is 2.32. The zero-order valence-electron chi connectivity index (χ0n) is 11.3. The summed E-state index contributed by atoms with van der Waals surface area (Å²) in [6.07, 6.45) is 2.25. The van der Waals surface area contributed by atoms with Crippen LogP contribution in [0.5, 0.6) is 0 Å². The maximum Gasteiger partial charge on any atom is 0.168 e. The van der Waals surface area contributed by atoms with Gasteiger partial charge in [-0.1, -0.05) is 37.0 Å². The zero-order chi connectivity index (χ0) is 14.9. The van der Waals surface area contributed by atoms with Crippen molar-refractivity contribution in [2.24, 2.45) is 10.4 Å². The van der Waals surface area contributed by atoms with Crippen molar-refractivity contribution in [3.8, 4) is 0 Å². The third-order valence-corrected chi connectivity index (χ3v) is 3.52. The standard InChI is InChI=1S/C15H15Cl2NO2/c1-15(2)6-13(19)12(14(20)7-15)8-18-11-4-9(16)3-10(17)5-11/h3-5,8,19H,6-7H2,1-2H3. The zero-order valence-corrected chi connectivity index (χ0v) is 12.8. The van der Waals surface area contributed by atoms with Crippen molar-refractivity contribution < 1.29 is 9.90 Å². The fraction of sp³-hybridized carbons (Fsp3) is 0.333. The lowest BCUT2D eigenvalue weighted by Crippen LogP contribution is -2.26. The lowest BCUT2D eigenvalue weighted by atomic mass is 9.77. The van der Waals surface area contributed by atoms with Crippen LogP contribution in [-0.4, -0.2) is 17.1 Å². The van der Waals surface area contributed by atoms with Crippen LogP contribution in [0, 0.1) is 5.41 Å². The highest BCUT2D eigenvalue weighted by Crippen LogP contribution is 2.35. The van der Waals surface area contributed by atoms with E-state index in [1.807, 2.05) is 13.8 Å². The van der Waals surface area contributed by atoms with Crippen molar-refractivity contribution in [1.29, 1.82) is 0 Å². The average molecular weight is 312 g/mol. The molecule has 1 aliphatic rings. The molecule has 0 radical (unpaired) electrons. The summed E-state index contributed by atoms with van der Waals surface area (Å²) in [7, 11) is 0. The van der Waals surface area contributed by atoms with E-state index in [1.165, 1.54) is 6.21 Å². The van der Waals surface area contributed by atoms with E-state index in [0.29, 0.717) is 28.6 Å². The Morgan fingerprint density at radius 3 is 2.35 bits per heavy atom. The van der Waals surface area contributed by atoms with E-state index < -0.39 is 0 Å². The van der Waals surface area contributed by atoms with Crippen LogP contribution in [0.3, 0.4) is 0 Å². The molecule has 0 aliphatic heterocycles. The monoisotopic (exact) mass is 311 g/mol. The van der Waals surface area contributed by atoms with E-state index in [1.54, 1.807) is 18.2 Å². The second-order valence-corrected chi connectivity index (χ2v) is 6.56. The predicted molar refractivity (Wildman–Crippen MR) is 82.3 cm³/mol. The van der Waals surface area contributed by atoms with E-state index in [9.17, 15) is 9.90 Å². The molecule has 1 N–H and O–H groups in total. The summed E-state index contributed by atoms with van der Waals surface area (Å²) in [5.41, 5.74) is 0.596. The largest absolute Gasteiger partial charge is 0.511 e. The molecule has 0 spiro atoms. The van der Waals surface area contributed by atoms with Gasteiger partial charge in [-0.2, -0.15) is 0 Å². The molecule has 0 atom stereocenters. The molecule has 0 saturated carbocycles. The van der Waals surface area contributed by atoms with E-state index in [2.05, 4.69) is 4.99 Å². The Morgan fingerprint density at radius 2 is 1.80 bits per heavy atom. The highest BCUT2D eigenvalue weighted by atomic mass is 35.5. The number of Topliss-reactive ketones (excluding diaryl/α,β-unsaturated/α-hetero) is 1. The van der Waals surface area contributed by atoms with Gasteiger partial charge in [0.2, 0.25) is 0 Å². The first-order valence-electron chi connectivity index (χ1n) is 6.22. The summed E-state index contributed by atoms with van der Waals surface area (Å²) in [4.78, 5) is 16.2. The number of carbonyl (C=O) groups is 1. The van der Waals surface area contributed by atoms with Gasteiger partial charge in [0.1, 0.15) is 5.76 Å². The summed E-state index contributed by atoms with van der Waals surface area (Å²) >= 11 is 11.8. The van der Waals surface area contributed by atoms with Crippen molar-refractivity contribution >= 4 is 40.9 Å². The molecule has 1 aromatic carbocycles. The molecule has 0 bridgehead atoms. The Morgan fingerprint density at radius 1 is 1.20 bits per heavy atom. The molecule has 1 aliphatic carbocycles. The number of hydrogen-bond acceptors (Lipinski definition) is 3. The number of aliphatic hydroxyl groups excluding tert-OH is 1. The maximum atomic E-state index is 12.0. The Hall–Kier alpha value is -1.32. The molecule has 0 amide bonds. The molecule has 5 heteroatoms. The quantitative estimate of drug-likeness (QED) is 0.790. The fourth-order valence-corrected chi connectivity index (χ4v) is 2.72. The van der Waals surface area contributed by atoms with Gasteiger partial charge >= 0.3 is 0 Å². The number of halogens is 2. The van der Waals surface area contributed by atoms with Crippen molar-refractivity contribution in [1.82, 2.24) is 0 Å². The molecule has 0 saturated heterocycles. The molecule has 3 nitrogen and oxygen atoms in total. The normalized spacial score (nSPS) is 18.9. The molecule has 20 heavy (non-hydrogen) atoms. The first-order chi connectivity index (χ1) is 9.27. The third-order valence-electron chi connectivity index (χ3n) is 3.09. The van der Waals surface area contributed by atoms with Gasteiger partial charge in [-0.3, -0.25) is 9.79 Å². The lowest BCUT2D eigenvalue weighted by molar-refractivity contribution is -0.117. The molecule has 106 valence electrons. The second kappa shape index (κ2) is 5.58. The number of nitrogens with zero attached hydrogens (tertiary/aromatic N) is 1. The van der Waals surface area contributed by atoms with Crippen LogP contribution in [0.2, 0.25) is 10.0 Å². The van der Waals surface area contributed by atoms with Crippen molar-refractivity contribution in [2.45, 2.75) is 26.7 Å². The molecular formula is C15H15Cl2NO2. The first-order valence-corrected chi connectivity index (χ1v) is 6.98. The van der Waals surface area contributed by atoms with Gasteiger partial charge in [-0.15, -0.1) is 0 Å². The fourth-order valence-electron chi connectivity index (χ4n) is 2.20. The van der Waals surface area contributed by atoms with Crippen LogP contribution < -0.4 is 0 Å². The Kier molecular flexibility index (Phi) is 4.21. The van der Waals surface area contributed by atoms with Gasteiger partial charge in [-0.25, -0.2) is 0 Å². The first kappa shape index (κ1) is 15.1. The summed E-state index contributed by atoms with van der Waals surface area (Å²) in [6, 6.07) is 4.88. The number of hydrogen-bond donors (Lipinski definition) is 1. The van der Waals surface area contributed by atoms with Gasteiger partial charge in [0.05, 0.1) is 11.3 Å². The summed E-state index contributed by atoms with van der Waals surface area (Å²) in [6.45, 7) is 3.90. The Bertz CT molecular complexity index is 598. The minimum Gasteiger partial charge on any atom is -0.511 e. The predicted octanol–water partition coefficient (Wildman–Crippen LogP) is 4.90. The van der Waals surface area contributed by atoms with Gasteiger partial charge in [0, 0.05) is 29.1 Å². The van der Waals surface area contributed by atoms with Crippen LogP contribution in [0.15, 0.2) is 34.5 Å². The number of carbonyl (C=O) groups excluding carboxylic acids is 1. The van der Waals surface area contributed by atoms with Crippen molar-refractivity contribution in [3.05, 3.63) is 39.6 Å². The van der Waals surface area contributed by atoms with E-state index >= 15 is 0 Å². The van der Waals surface area contributed by atoms with Crippen LogP contribution in [0.1, 0.15) is 26.7 Å². The van der Waals surface area contributed by atoms with Crippen LogP contribution >= 0.6 is 23.2 Å². The number of benzene rings is 1. The number of aliphatic hydroxyl groups is 1. The van der Waals surface area contributed by atoms with Crippen molar-refractivity contribution in [3.63, 3.8) is 0 Å².